The summed E-state index contributed by atoms with van der Waals surface area (Å²) >= 11 is 6.18. The highest BCUT2D eigenvalue weighted by Crippen LogP contribution is 2.23. The summed E-state index contributed by atoms with van der Waals surface area (Å²) in [5, 5.41) is 0.406. The summed E-state index contributed by atoms with van der Waals surface area (Å²) in [6.07, 6.45) is 5.09. The number of hydrogen-bond acceptors (Lipinski definition) is 2. The lowest BCUT2D eigenvalue weighted by Gasteiger charge is -1.94. The maximum atomic E-state index is 13.5. The topological polar surface area (TPSA) is 41.6 Å². The van der Waals surface area contributed by atoms with Crippen LogP contribution in [0.3, 0.4) is 0 Å². The number of nitrogens with one attached hydrogen (secondary N) is 1. The van der Waals surface area contributed by atoms with Crippen molar-refractivity contribution in [3.05, 3.63) is 59.9 Å². The van der Waals surface area contributed by atoms with Crippen LogP contribution in [0.4, 0.5) is 4.39 Å². The number of benzene rings is 1. The Morgan fingerprint density at radius 1 is 1.26 bits per heavy atom. The Kier molecular flexibility index (Phi) is 3.01. The van der Waals surface area contributed by atoms with Gasteiger partial charge in [-0.05, 0) is 29.8 Å². The monoisotopic (exact) mass is 273 g/mol. The predicted octanol–water partition coefficient (Wildman–Crippen LogP) is 3.83. The van der Waals surface area contributed by atoms with Gasteiger partial charge in [0.1, 0.15) is 11.3 Å². The van der Waals surface area contributed by atoms with E-state index in [1.54, 1.807) is 30.6 Å². The molecule has 0 spiro atoms. The Hall–Kier alpha value is -2.20. The van der Waals surface area contributed by atoms with E-state index in [4.69, 9.17) is 11.6 Å². The molecular formula is C14H9ClFN3. The van der Waals surface area contributed by atoms with Gasteiger partial charge in [-0.1, -0.05) is 23.7 Å². The van der Waals surface area contributed by atoms with E-state index in [1.807, 2.05) is 12.1 Å². The van der Waals surface area contributed by atoms with Gasteiger partial charge in [0.05, 0.1) is 10.5 Å². The fraction of sp³-hybridized carbons (Fsp3) is 0. The quantitative estimate of drug-likeness (QED) is 0.771. The van der Waals surface area contributed by atoms with E-state index in [-0.39, 0.29) is 11.3 Å². The SMILES string of the molecule is Fc1cccc2[nH]c(C(Cl)=Cc3cccnc3)nc12. The van der Waals surface area contributed by atoms with Crippen LogP contribution in [0.5, 0.6) is 0 Å². The van der Waals surface area contributed by atoms with Crippen molar-refractivity contribution in [1.29, 1.82) is 0 Å². The van der Waals surface area contributed by atoms with Gasteiger partial charge in [0, 0.05) is 12.4 Å². The fourth-order valence-corrected chi connectivity index (χ4v) is 2.00. The van der Waals surface area contributed by atoms with Gasteiger partial charge in [0.2, 0.25) is 0 Å². The molecule has 0 saturated heterocycles. The number of halogens is 2. The largest absolute Gasteiger partial charge is 0.337 e. The van der Waals surface area contributed by atoms with Crippen molar-refractivity contribution >= 4 is 33.7 Å². The Morgan fingerprint density at radius 3 is 2.89 bits per heavy atom. The van der Waals surface area contributed by atoms with Crippen LogP contribution in [0.2, 0.25) is 0 Å². The van der Waals surface area contributed by atoms with Crippen molar-refractivity contribution in [2.75, 3.05) is 0 Å². The lowest BCUT2D eigenvalue weighted by Crippen LogP contribution is -1.81. The second-order valence-electron chi connectivity index (χ2n) is 4.00. The van der Waals surface area contributed by atoms with E-state index < -0.39 is 0 Å². The smallest absolute Gasteiger partial charge is 0.151 e. The molecule has 19 heavy (non-hydrogen) atoms. The summed E-state index contributed by atoms with van der Waals surface area (Å²) < 4.78 is 13.5. The summed E-state index contributed by atoms with van der Waals surface area (Å²) in [4.78, 5) is 11.1. The van der Waals surface area contributed by atoms with Gasteiger partial charge in [0.15, 0.2) is 5.82 Å². The Bertz CT molecular complexity index is 750. The molecule has 2 heterocycles. The molecule has 3 nitrogen and oxygen atoms in total. The highest BCUT2D eigenvalue weighted by atomic mass is 35.5. The normalized spacial score (nSPS) is 12.0. The fourth-order valence-electron chi connectivity index (χ4n) is 1.79. The predicted molar refractivity (Wildman–Crippen MR) is 74.0 cm³/mol. The number of rotatable bonds is 2. The Labute approximate surface area is 113 Å². The third kappa shape index (κ3) is 2.35. The molecule has 0 amide bonds. The van der Waals surface area contributed by atoms with Gasteiger partial charge < -0.3 is 4.98 Å². The second kappa shape index (κ2) is 4.82. The maximum Gasteiger partial charge on any atom is 0.151 e. The van der Waals surface area contributed by atoms with Crippen LogP contribution in [0.15, 0.2) is 42.7 Å². The minimum atomic E-state index is -0.370. The van der Waals surface area contributed by atoms with Crippen molar-refractivity contribution in [1.82, 2.24) is 15.0 Å². The second-order valence-corrected chi connectivity index (χ2v) is 4.41. The molecule has 3 rings (SSSR count). The van der Waals surface area contributed by atoms with E-state index in [1.165, 1.54) is 6.07 Å². The number of hydrogen-bond donors (Lipinski definition) is 1. The molecule has 2 aromatic heterocycles. The average molecular weight is 274 g/mol. The molecule has 0 aliphatic rings. The van der Waals surface area contributed by atoms with Crippen molar-refractivity contribution in [3.8, 4) is 0 Å². The maximum absolute atomic E-state index is 13.5. The number of para-hydroxylation sites is 1. The highest BCUT2D eigenvalue weighted by Gasteiger charge is 2.09. The zero-order chi connectivity index (χ0) is 13.2. The molecule has 0 atom stereocenters. The van der Waals surface area contributed by atoms with Gasteiger partial charge >= 0.3 is 0 Å². The minimum Gasteiger partial charge on any atom is -0.337 e. The van der Waals surface area contributed by atoms with E-state index in [0.29, 0.717) is 16.4 Å². The standard InChI is InChI=1S/C14H9ClFN3/c15-10(7-9-3-2-6-17-8-9)14-18-12-5-1-4-11(16)13(12)19-14/h1-8H,(H,18,19). The van der Waals surface area contributed by atoms with Gasteiger partial charge in [-0.2, -0.15) is 0 Å². The molecule has 0 radical (unpaired) electrons. The molecule has 0 aliphatic carbocycles. The first kappa shape index (κ1) is 11.9. The number of fused-ring (bicyclic) bond motifs is 1. The highest BCUT2D eigenvalue weighted by molar-refractivity contribution is 6.50. The van der Waals surface area contributed by atoms with Crippen LogP contribution >= 0.6 is 11.6 Å². The van der Waals surface area contributed by atoms with Crippen LogP contribution < -0.4 is 0 Å². The van der Waals surface area contributed by atoms with Crippen LogP contribution in [0.25, 0.3) is 22.1 Å². The molecule has 0 bridgehead atoms. The first-order valence-electron chi connectivity index (χ1n) is 5.66. The van der Waals surface area contributed by atoms with E-state index in [9.17, 15) is 4.39 Å². The summed E-state index contributed by atoms with van der Waals surface area (Å²) in [6, 6.07) is 8.43. The van der Waals surface area contributed by atoms with E-state index in [0.717, 1.165) is 5.56 Å². The summed E-state index contributed by atoms with van der Waals surface area (Å²) in [5.41, 5.74) is 1.76. The van der Waals surface area contributed by atoms with Gasteiger partial charge in [-0.25, -0.2) is 9.37 Å². The Morgan fingerprint density at radius 2 is 2.16 bits per heavy atom. The molecule has 0 fully saturated rings. The lowest BCUT2D eigenvalue weighted by atomic mass is 10.2. The Balaban J connectivity index is 2.05. The van der Waals surface area contributed by atoms with Crippen molar-refractivity contribution in [3.63, 3.8) is 0 Å². The average Bonchev–Trinajstić information content (AvgIpc) is 2.85. The van der Waals surface area contributed by atoms with E-state index in [2.05, 4.69) is 15.0 Å². The molecule has 3 aromatic rings. The lowest BCUT2D eigenvalue weighted by molar-refractivity contribution is 0.637. The molecule has 0 aliphatic heterocycles. The first-order valence-corrected chi connectivity index (χ1v) is 6.03. The van der Waals surface area contributed by atoms with Crippen LogP contribution in [-0.4, -0.2) is 15.0 Å². The first-order chi connectivity index (χ1) is 9.24. The summed E-state index contributed by atoms with van der Waals surface area (Å²) in [6.45, 7) is 0. The zero-order valence-corrected chi connectivity index (χ0v) is 10.5. The summed E-state index contributed by atoms with van der Waals surface area (Å²) in [5.74, 6) is 0.0662. The number of pyridine rings is 1. The van der Waals surface area contributed by atoms with Crippen LogP contribution in [-0.2, 0) is 0 Å². The number of imidazole rings is 1. The van der Waals surface area contributed by atoms with Crippen LogP contribution in [0, 0.1) is 5.82 Å². The molecule has 1 N–H and O–H groups in total. The van der Waals surface area contributed by atoms with Crippen molar-refractivity contribution < 1.29 is 4.39 Å². The van der Waals surface area contributed by atoms with Gasteiger partial charge in [0.25, 0.3) is 0 Å². The molecular weight excluding hydrogens is 265 g/mol. The number of aromatic amines is 1. The van der Waals surface area contributed by atoms with Crippen molar-refractivity contribution in [2.45, 2.75) is 0 Å². The molecule has 0 unspecified atom stereocenters. The molecule has 94 valence electrons. The molecule has 1 aromatic carbocycles. The number of nitrogens with zero attached hydrogens (tertiary/aromatic N) is 2. The zero-order valence-electron chi connectivity index (χ0n) is 9.77. The molecule has 0 saturated carbocycles. The minimum absolute atomic E-state index is 0.287. The number of aromatic nitrogens is 3. The van der Waals surface area contributed by atoms with Gasteiger partial charge in [-0.3, -0.25) is 4.98 Å². The van der Waals surface area contributed by atoms with E-state index >= 15 is 0 Å². The van der Waals surface area contributed by atoms with Gasteiger partial charge in [-0.15, -0.1) is 0 Å². The summed E-state index contributed by atoms with van der Waals surface area (Å²) in [7, 11) is 0. The van der Waals surface area contributed by atoms with Crippen molar-refractivity contribution in [2.24, 2.45) is 0 Å². The third-order valence-corrected chi connectivity index (χ3v) is 2.96. The number of H-pyrrole nitrogens is 1. The molecule has 5 heteroatoms. The third-order valence-electron chi connectivity index (χ3n) is 2.67. The van der Waals surface area contributed by atoms with Crippen LogP contribution in [0.1, 0.15) is 11.4 Å².